The Morgan fingerprint density at radius 3 is 2.00 bits per heavy atom. The third-order valence-corrected chi connectivity index (χ3v) is 2.75. The maximum atomic E-state index is 10.9. The molecule has 4 nitrogen and oxygen atoms in total. The summed E-state index contributed by atoms with van der Waals surface area (Å²) in [6.07, 6.45) is 2.38. The standard InChI is InChI=1S/C11H20O4/c1-4-5-7(2)6-9(11(14)15)8(3)10(12)13/h7-9H,4-6H2,1-3H3,(H,12,13)(H,14,15). The first-order valence-corrected chi connectivity index (χ1v) is 5.35. The molecule has 0 saturated heterocycles. The molecule has 0 saturated carbocycles. The molecule has 3 atom stereocenters. The Hall–Kier alpha value is -1.06. The number of carboxylic acids is 2. The van der Waals surface area contributed by atoms with E-state index in [0.29, 0.717) is 6.42 Å². The van der Waals surface area contributed by atoms with Gasteiger partial charge in [0.25, 0.3) is 0 Å². The monoisotopic (exact) mass is 216 g/mol. The van der Waals surface area contributed by atoms with E-state index in [2.05, 4.69) is 0 Å². The highest BCUT2D eigenvalue weighted by Gasteiger charge is 2.30. The van der Waals surface area contributed by atoms with Crippen LogP contribution >= 0.6 is 0 Å². The van der Waals surface area contributed by atoms with Crippen LogP contribution in [-0.2, 0) is 9.59 Å². The van der Waals surface area contributed by atoms with Crippen LogP contribution in [0.25, 0.3) is 0 Å². The fraction of sp³-hybridized carbons (Fsp3) is 0.818. The first-order valence-electron chi connectivity index (χ1n) is 5.35. The van der Waals surface area contributed by atoms with Gasteiger partial charge in [-0.05, 0) is 12.3 Å². The lowest BCUT2D eigenvalue weighted by Crippen LogP contribution is -2.29. The second-order valence-electron chi connectivity index (χ2n) is 4.20. The van der Waals surface area contributed by atoms with E-state index < -0.39 is 23.8 Å². The highest BCUT2D eigenvalue weighted by Crippen LogP contribution is 2.23. The minimum atomic E-state index is -1.04. The van der Waals surface area contributed by atoms with Gasteiger partial charge in [0.1, 0.15) is 0 Å². The molecule has 0 heterocycles. The summed E-state index contributed by atoms with van der Waals surface area (Å²) in [6.45, 7) is 5.46. The second-order valence-corrected chi connectivity index (χ2v) is 4.20. The van der Waals surface area contributed by atoms with Gasteiger partial charge in [0.15, 0.2) is 0 Å². The van der Waals surface area contributed by atoms with Gasteiger partial charge in [0.05, 0.1) is 11.8 Å². The first-order chi connectivity index (χ1) is 6.90. The van der Waals surface area contributed by atoms with Crippen LogP contribution in [0.2, 0.25) is 0 Å². The van der Waals surface area contributed by atoms with Crippen molar-refractivity contribution in [2.24, 2.45) is 17.8 Å². The number of rotatable bonds is 7. The third kappa shape index (κ3) is 4.81. The van der Waals surface area contributed by atoms with Crippen molar-refractivity contribution in [2.45, 2.75) is 40.0 Å². The van der Waals surface area contributed by atoms with Crippen LogP contribution < -0.4 is 0 Å². The molecule has 2 N–H and O–H groups in total. The van der Waals surface area contributed by atoms with Crippen molar-refractivity contribution >= 4 is 11.9 Å². The zero-order valence-electron chi connectivity index (χ0n) is 9.56. The number of aliphatic carboxylic acids is 2. The van der Waals surface area contributed by atoms with Crippen LogP contribution in [0.15, 0.2) is 0 Å². The topological polar surface area (TPSA) is 74.6 Å². The smallest absolute Gasteiger partial charge is 0.307 e. The lowest BCUT2D eigenvalue weighted by Gasteiger charge is -2.20. The molecular weight excluding hydrogens is 196 g/mol. The van der Waals surface area contributed by atoms with Crippen LogP contribution in [0.1, 0.15) is 40.0 Å². The first kappa shape index (κ1) is 13.9. The number of carboxylic acid groups (broad SMARTS) is 2. The van der Waals surface area contributed by atoms with Crippen molar-refractivity contribution in [2.75, 3.05) is 0 Å². The van der Waals surface area contributed by atoms with Crippen LogP contribution in [0.5, 0.6) is 0 Å². The van der Waals surface area contributed by atoms with Gasteiger partial charge in [-0.3, -0.25) is 9.59 Å². The van der Waals surface area contributed by atoms with Gasteiger partial charge in [0.2, 0.25) is 0 Å². The third-order valence-electron chi connectivity index (χ3n) is 2.75. The molecule has 0 aliphatic carbocycles. The van der Waals surface area contributed by atoms with Crippen LogP contribution in [-0.4, -0.2) is 22.2 Å². The Morgan fingerprint density at radius 1 is 1.13 bits per heavy atom. The molecule has 0 aromatic rings. The van der Waals surface area contributed by atoms with Crippen molar-refractivity contribution in [3.63, 3.8) is 0 Å². The van der Waals surface area contributed by atoms with Gasteiger partial charge in [0, 0.05) is 0 Å². The molecule has 0 rings (SSSR count). The molecule has 15 heavy (non-hydrogen) atoms. The lowest BCUT2D eigenvalue weighted by atomic mass is 9.84. The van der Waals surface area contributed by atoms with Crippen molar-refractivity contribution < 1.29 is 19.8 Å². The summed E-state index contributed by atoms with van der Waals surface area (Å²) in [5, 5.41) is 17.7. The molecular formula is C11H20O4. The number of hydrogen-bond acceptors (Lipinski definition) is 2. The highest BCUT2D eigenvalue weighted by molar-refractivity contribution is 5.79. The van der Waals surface area contributed by atoms with Gasteiger partial charge in [-0.1, -0.05) is 33.6 Å². The largest absolute Gasteiger partial charge is 0.481 e. The van der Waals surface area contributed by atoms with Crippen LogP contribution in [0.3, 0.4) is 0 Å². The molecule has 0 aliphatic rings. The summed E-state index contributed by atoms with van der Waals surface area (Å²) in [7, 11) is 0. The lowest BCUT2D eigenvalue weighted by molar-refractivity contribution is -0.153. The van der Waals surface area contributed by atoms with E-state index in [9.17, 15) is 9.59 Å². The van der Waals surface area contributed by atoms with Crippen molar-refractivity contribution in [3.05, 3.63) is 0 Å². The summed E-state index contributed by atoms with van der Waals surface area (Å²) in [5.74, 6) is -3.37. The Balaban J connectivity index is 4.40. The van der Waals surface area contributed by atoms with Gasteiger partial charge in [-0.15, -0.1) is 0 Å². The van der Waals surface area contributed by atoms with E-state index in [4.69, 9.17) is 10.2 Å². The van der Waals surface area contributed by atoms with Crippen molar-refractivity contribution in [1.82, 2.24) is 0 Å². The number of carbonyl (C=O) groups is 2. The molecule has 0 aromatic carbocycles. The summed E-state index contributed by atoms with van der Waals surface area (Å²) in [4.78, 5) is 21.6. The molecule has 0 amide bonds. The van der Waals surface area contributed by atoms with E-state index in [-0.39, 0.29) is 5.92 Å². The second kappa shape index (κ2) is 6.43. The van der Waals surface area contributed by atoms with Crippen LogP contribution in [0.4, 0.5) is 0 Å². The predicted molar refractivity (Wildman–Crippen MR) is 56.6 cm³/mol. The van der Waals surface area contributed by atoms with E-state index in [1.165, 1.54) is 6.92 Å². The maximum absolute atomic E-state index is 10.9. The zero-order valence-corrected chi connectivity index (χ0v) is 9.56. The van der Waals surface area contributed by atoms with E-state index in [0.717, 1.165) is 12.8 Å². The van der Waals surface area contributed by atoms with Gasteiger partial charge >= 0.3 is 11.9 Å². The molecule has 0 fully saturated rings. The Bertz CT molecular complexity index is 225. The van der Waals surface area contributed by atoms with E-state index >= 15 is 0 Å². The fourth-order valence-electron chi connectivity index (χ4n) is 1.74. The Morgan fingerprint density at radius 2 is 1.67 bits per heavy atom. The summed E-state index contributed by atoms with van der Waals surface area (Å²) in [6, 6.07) is 0. The van der Waals surface area contributed by atoms with Gasteiger partial charge in [-0.25, -0.2) is 0 Å². The Kier molecular flexibility index (Phi) is 5.97. The minimum absolute atomic E-state index is 0.262. The SMILES string of the molecule is CCCC(C)CC(C(=O)O)C(C)C(=O)O. The van der Waals surface area contributed by atoms with Gasteiger partial charge in [-0.2, -0.15) is 0 Å². The van der Waals surface area contributed by atoms with E-state index in [1.54, 1.807) is 0 Å². The molecule has 4 heteroatoms. The maximum Gasteiger partial charge on any atom is 0.307 e. The average molecular weight is 216 g/mol. The molecule has 3 unspecified atom stereocenters. The predicted octanol–water partition coefficient (Wildman–Crippen LogP) is 2.23. The summed E-state index contributed by atoms with van der Waals surface area (Å²) < 4.78 is 0. The fourth-order valence-corrected chi connectivity index (χ4v) is 1.74. The van der Waals surface area contributed by atoms with Crippen LogP contribution in [0, 0.1) is 17.8 Å². The van der Waals surface area contributed by atoms with Crippen molar-refractivity contribution in [1.29, 1.82) is 0 Å². The normalized spacial score (nSPS) is 16.7. The zero-order chi connectivity index (χ0) is 12.0. The molecule has 0 bridgehead atoms. The molecule has 88 valence electrons. The molecule has 0 aliphatic heterocycles. The summed E-state index contributed by atoms with van der Waals surface area (Å²) in [5.41, 5.74) is 0. The average Bonchev–Trinajstić information content (AvgIpc) is 2.13. The molecule has 0 spiro atoms. The van der Waals surface area contributed by atoms with Gasteiger partial charge < -0.3 is 10.2 Å². The quantitative estimate of drug-likeness (QED) is 0.684. The highest BCUT2D eigenvalue weighted by atomic mass is 16.4. The Labute approximate surface area is 90.3 Å². The number of hydrogen-bond donors (Lipinski definition) is 2. The minimum Gasteiger partial charge on any atom is -0.481 e. The van der Waals surface area contributed by atoms with E-state index in [1.807, 2.05) is 13.8 Å². The van der Waals surface area contributed by atoms with Crippen molar-refractivity contribution in [3.8, 4) is 0 Å². The molecule has 0 radical (unpaired) electrons. The summed E-state index contributed by atoms with van der Waals surface area (Å²) >= 11 is 0. The molecule has 0 aromatic heterocycles.